The number of anilines is 1. The van der Waals surface area contributed by atoms with Crippen LogP contribution in [0.3, 0.4) is 0 Å². The topological polar surface area (TPSA) is 105 Å². The van der Waals surface area contributed by atoms with Gasteiger partial charge in [-0.2, -0.15) is 0 Å². The first-order chi connectivity index (χ1) is 17.0. The Morgan fingerprint density at radius 1 is 0.972 bits per heavy atom. The molecular formula is C26H37N3O6S. The van der Waals surface area contributed by atoms with E-state index in [0.29, 0.717) is 17.9 Å². The average molecular weight is 520 g/mol. The summed E-state index contributed by atoms with van der Waals surface area (Å²) in [6.07, 6.45) is 2.13. The van der Waals surface area contributed by atoms with Crippen LogP contribution in [0.1, 0.15) is 39.2 Å². The summed E-state index contributed by atoms with van der Waals surface area (Å²) in [4.78, 5) is 28.3. The Morgan fingerprint density at radius 3 is 2.14 bits per heavy atom. The Hall–Kier alpha value is -3.27. The number of nitrogens with one attached hydrogen (secondary N) is 1. The summed E-state index contributed by atoms with van der Waals surface area (Å²) < 4.78 is 37.1. The number of rotatable bonds is 13. The van der Waals surface area contributed by atoms with Gasteiger partial charge < -0.3 is 19.7 Å². The van der Waals surface area contributed by atoms with Crippen molar-refractivity contribution in [1.82, 2.24) is 10.2 Å². The molecule has 198 valence electrons. The molecule has 2 atom stereocenters. The number of ether oxygens (including phenoxy) is 2. The van der Waals surface area contributed by atoms with Crippen molar-refractivity contribution in [2.24, 2.45) is 0 Å². The molecule has 2 aromatic carbocycles. The number of carbonyl (C=O) groups excluding carboxylic acids is 2. The number of nitrogens with zero attached hydrogens (tertiary/aromatic N) is 2. The van der Waals surface area contributed by atoms with Gasteiger partial charge in [-0.3, -0.25) is 13.9 Å². The third-order valence-corrected chi connectivity index (χ3v) is 7.06. The molecule has 0 spiro atoms. The third kappa shape index (κ3) is 7.61. The Balaban J connectivity index is 2.47. The Morgan fingerprint density at radius 2 is 1.61 bits per heavy atom. The molecule has 1 N–H and O–H groups in total. The molecule has 0 bridgehead atoms. The second-order valence-corrected chi connectivity index (χ2v) is 10.5. The van der Waals surface area contributed by atoms with Gasteiger partial charge in [-0.1, -0.05) is 38.1 Å². The molecule has 0 fully saturated rings. The molecule has 0 aliphatic heterocycles. The van der Waals surface area contributed by atoms with Gasteiger partial charge in [0.2, 0.25) is 21.8 Å². The van der Waals surface area contributed by atoms with E-state index in [9.17, 15) is 18.0 Å². The first kappa shape index (κ1) is 29.0. The van der Waals surface area contributed by atoms with Crippen molar-refractivity contribution in [3.05, 3.63) is 54.1 Å². The van der Waals surface area contributed by atoms with E-state index in [-0.39, 0.29) is 24.2 Å². The van der Waals surface area contributed by atoms with Crippen molar-refractivity contribution < 1.29 is 27.5 Å². The first-order valence-electron chi connectivity index (χ1n) is 11.9. The Labute approximate surface area is 214 Å². The smallest absolute Gasteiger partial charge is 0.244 e. The van der Waals surface area contributed by atoms with E-state index in [1.54, 1.807) is 43.5 Å². The van der Waals surface area contributed by atoms with E-state index in [2.05, 4.69) is 5.32 Å². The van der Waals surface area contributed by atoms with Crippen molar-refractivity contribution in [1.29, 1.82) is 0 Å². The molecule has 9 nitrogen and oxygen atoms in total. The summed E-state index contributed by atoms with van der Waals surface area (Å²) in [5, 5.41) is 2.95. The molecule has 0 aliphatic rings. The van der Waals surface area contributed by atoms with E-state index in [4.69, 9.17) is 9.47 Å². The van der Waals surface area contributed by atoms with Crippen LogP contribution in [0.25, 0.3) is 0 Å². The molecule has 0 unspecified atom stereocenters. The van der Waals surface area contributed by atoms with Gasteiger partial charge in [0.15, 0.2) is 0 Å². The minimum Gasteiger partial charge on any atom is -0.497 e. The predicted octanol–water partition coefficient (Wildman–Crippen LogP) is 3.19. The van der Waals surface area contributed by atoms with Crippen molar-refractivity contribution in [3.63, 3.8) is 0 Å². The maximum absolute atomic E-state index is 13.7. The van der Waals surface area contributed by atoms with Gasteiger partial charge in [0.05, 0.1) is 26.2 Å². The number of hydrogen-bond acceptors (Lipinski definition) is 6. The quantitative estimate of drug-likeness (QED) is 0.436. The van der Waals surface area contributed by atoms with Crippen LogP contribution in [0.5, 0.6) is 11.5 Å². The fourth-order valence-electron chi connectivity index (χ4n) is 3.72. The van der Waals surface area contributed by atoms with Crippen LogP contribution < -0.4 is 19.1 Å². The molecule has 0 heterocycles. The van der Waals surface area contributed by atoms with Crippen LogP contribution in [0.4, 0.5) is 5.69 Å². The van der Waals surface area contributed by atoms with Crippen LogP contribution in [-0.4, -0.2) is 64.2 Å². The summed E-state index contributed by atoms with van der Waals surface area (Å²) in [7, 11) is -0.850. The first-order valence-corrected chi connectivity index (χ1v) is 13.7. The van der Waals surface area contributed by atoms with Crippen LogP contribution in [0, 0.1) is 0 Å². The minimum atomic E-state index is -3.85. The van der Waals surface area contributed by atoms with E-state index in [1.165, 1.54) is 12.0 Å². The zero-order valence-corrected chi connectivity index (χ0v) is 22.7. The lowest BCUT2D eigenvalue weighted by Gasteiger charge is -2.33. The number of amides is 2. The second-order valence-electron chi connectivity index (χ2n) is 8.55. The lowest BCUT2D eigenvalue weighted by molar-refractivity contribution is -0.140. The summed E-state index contributed by atoms with van der Waals surface area (Å²) in [5.41, 5.74) is 1.03. The highest BCUT2D eigenvalue weighted by Crippen LogP contribution is 2.30. The minimum absolute atomic E-state index is 0.0643. The summed E-state index contributed by atoms with van der Waals surface area (Å²) in [5.74, 6) is 0.196. The van der Waals surface area contributed by atoms with Crippen LogP contribution in [0.15, 0.2) is 48.5 Å². The highest BCUT2D eigenvalue weighted by atomic mass is 32.2. The summed E-state index contributed by atoms with van der Waals surface area (Å²) in [6, 6.07) is 12.9. The monoisotopic (exact) mass is 519 g/mol. The molecule has 10 heteroatoms. The Bertz CT molecular complexity index is 1120. The van der Waals surface area contributed by atoms with E-state index in [1.807, 2.05) is 32.9 Å². The van der Waals surface area contributed by atoms with Crippen LogP contribution in [-0.2, 0) is 26.2 Å². The molecule has 0 saturated heterocycles. The number of hydrogen-bond donors (Lipinski definition) is 1. The van der Waals surface area contributed by atoms with Gasteiger partial charge in [0.25, 0.3) is 0 Å². The maximum atomic E-state index is 13.7. The molecule has 0 saturated carbocycles. The van der Waals surface area contributed by atoms with Crippen LogP contribution >= 0.6 is 0 Å². The van der Waals surface area contributed by atoms with E-state index in [0.717, 1.165) is 22.5 Å². The SMILES string of the molecule is CC[C@@H](C)NC(=O)[C@@H](CC)N(Cc1ccc(OC)cc1)C(=O)CN(c1ccccc1OC)S(C)(=O)=O. The summed E-state index contributed by atoms with van der Waals surface area (Å²) >= 11 is 0. The lowest BCUT2D eigenvalue weighted by Crippen LogP contribution is -2.53. The highest BCUT2D eigenvalue weighted by molar-refractivity contribution is 7.92. The average Bonchev–Trinajstić information content (AvgIpc) is 2.86. The fourth-order valence-corrected chi connectivity index (χ4v) is 4.57. The van der Waals surface area contributed by atoms with Crippen LogP contribution in [0.2, 0.25) is 0 Å². The van der Waals surface area contributed by atoms with Gasteiger partial charge in [-0.25, -0.2) is 8.42 Å². The molecule has 36 heavy (non-hydrogen) atoms. The van der Waals surface area contributed by atoms with Crippen molar-refractivity contribution >= 4 is 27.5 Å². The molecule has 0 aromatic heterocycles. The number of benzene rings is 2. The number of methoxy groups -OCH3 is 2. The maximum Gasteiger partial charge on any atom is 0.244 e. The largest absolute Gasteiger partial charge is 0.497 e. The second kappa shape index (κ2) is 13.2. The lowest BCUT2D eigenvalue weighted by atomic mass is 10.1. The molecule has 2 amide bonds. The van der Waals surface area contributed by atoms with Crippen molar-refractivity contribution in [2.45, 2.75) is 52.2 Å². The molecule has 2 rings (SSSR count). The summed E-state index contributed by atoms with van der Waals surface area (Å²) in [6.45, 7) is 5.32. The highest BCUT2D eigenvalue weighted by Gasteiger charge is 2.32. The van der Waals surface area contributed by atoms with Crippen molar-refractivity contribution in [3.8, 4) is 11.5 Å². The number of para-hydroxylation sites is 2. The van der Waals surface area contributed by atoms with Gasteiger partial charge in [-0.05, 0) is 49.6 Å². The standard InChI is InChI=1S/C26H37N3O6S/c1-7-19(3)27-26(31)22(8-2)28(17-20-13-15-21(34-4)16-14-20)25(30)18-29(36(6,32)33)23-11-9-10-12-24(23)35-5/h9-16,19,22H,7-8,17-18H2,1-6H3,(H,27,31)/t19-,22-/m1/s1. The van der Waals surface area contributed by atoms with Gasteiger partial charge >= 0.3 is 0 Å². The Kier molecular flexibility index (Phi) is 10.6. The number of sulfonamides is 1. The predicted molar refractivity (Wildman–Crippen MR) is 141 cm³/mol. The van der Waals surface area contributed by atoms with Gasteiger partial charge in [0.1, 0.15) is 24.1 Å². The third-order valence-electron chi connectivity index (χ3n) is 5.93. The zero-order valence-electron chi connectivity index (χ0n) is 21.9. The molecule has 0 aliphatic carbocycles. The van der Waals surface area contributed by atoms with Gasteiger partial charge in [-0.15, -0.1) is 0 Å². The van der Waals surface area contributed by atoms with E-state index < -0.39 is 28.5 Å². The fraction of sp³-hybridized carbons (Fsp3) is 0.462. The zero-order chi connectivity index (χ0) is 26.9. The van der Waals surface area contributed by atoms with Crippen molar-refractivity contribution in [2.75, 3.05) is 31.3 Å². The molecule has 2 aromatic rings. The normalized spacial score (nSPS) is 12.8. The van der Waals surface area contributed by atoms with Gasteiger partial charge in [0, 0.05) is 12.6 Å². The molecule has 0 radical (unpaired) electrons. The molecular weight excluding hydrogens is 482 g/mol. The number of carbonyl (C=O) groups is 2. The van der Waals surface area contributed by atoms with E-state index >= 15 is 0 Å².